The van der Waals surface area contributed by atoms with Gasteiger partial charge in [-0.3, -0.25) is 4.79 Å². The number of amides is 1. The number of rotatable bonds is 6. The highest BCUT2D eigenvalue weighted by atomic mass is 16.2. The van der Waals surface area contributed by atoms with Crippen LogP contribution in [-0.4, -0.2) is 32.6 Å². The smallest absolute Gasteiger partial charge is 0.254 e. The number of hydrogen-bond donors (Lipinski definition) is 0. The van der Waals surface area contributed by atoms with Crippen LogP contribution in [0.25, 0.3) is 5.69 Å². The molecule has 0 aliphatic heterocycles. The van der Waals surface area contributed by atoms with E-state index in [0.29, 0.717) is 0 Å². The lowest BCUT2D eigenvalue weighted by atomic mass is 9.98. The topological polar surface area (TPSA) is 51.0 Å². The van der Waals surface area contributed by atoms with Crippen molar-refractivity contribution in [3.8, 4) is 5.69 Å². The Morgan fingerprint density at radius 3 is 2.37 bits per heavy atom. The molecule has 1 amide bonds. The van der Waals surface area contributed by atoms with Gasteiger partial charge in [-0.2, -0.15) is 5.10 Å². The summed E-state index contributed by atoms with van der Waals surface area (Å²) >= 11 is 0. The number of nitrogens with zero attached hydrogens (tertiary/aromatic N) is 4. The maximum Gasteiger partial charge on any atom is 0.254 e. The van der Waals surface area contributed by atoms with Crippen LogP contribution < -0.4 is 0 Å². The highest BCUT2D eigenvalue weighted by Gasteiger charge is 2.21. The largest absolute Gasteiger partial charge is 0.335 e. The lowest BCUT2D eigenvalue weighted by Crippen LogP contribution is -2.30. The predicted molar refractivity (Wildman–Crippen MR) is 118 cm³/mol. The van der Waals surface area contributed by atoms with Gasteiger partial charge < -0.3 is 4.90 Å². The van der Waals surface area contributed by atoms with Gasteiger partial charge in [0, 0.05) is 12.6 Å². The van der Waals surface area contributed by atoms with E-state index in [1.54, 1.807) is 15.9 Å². The summed E-state index contributed by atoms with van der Waals surface area (Å²) in [5.41, 5.74) is 4.97. The summed E-state index contributed by atoms with van der Waals surface area (Å²) in [5, 5.41) is 4.15. The molecule has 4 aromatic rings. The minimum atomic E-state index is -0.0629. The molecule has 150 valence electrons. The normalized spacial score (nSPS) is 11.8. The van der Waals surface area contributed by atoms with Crippen LogP contribution in [0.5, 0.6) is 0 Å². The van der Waals surface area contributed by atoms with Crippen molar-refractivity contribution in [2.45, 2.75) is 19.4 Å². The molecule has 0 aliphatic rings. The summed E-state index contributed by atoms with van der Waals surface area (Å²) < 4.78 is 1.71. The van der Waals surface area contributed by atoms with E-state index in [9.17, 15) is 4.79 Å². The van der Waals surface area contributed by atoms with Crippen molar-refractivity contribution in [3.05, 3.63) is 114 Å². The molecule has 1 heterocycles. The summed E-state index contributed by atoms with van der Waals surface area (Å²) in [4.78, 5) is 19.1. The molecule has 1 atom stereocenters. The molecule has 5 heteroatoms. The third-order valence-corrected chi connectivity index (χ3v) is 5.45. The molecule has 5 nitrogen and oxygen atoms in total. The van der Waals surface area contributed by atoms with E-state index in [1.807, 2.05) is 80.7 Å². The first kappa shape index (κ1) is 19.6. The summed E-state index contributed by atoms with van der Waals surface area (Å²) in [6.45, 7) is 2.04. The Morgan fingerprint density at radius 2 is 1.67 bits per heavy atom. The molecule has 0 fully saturated rings. The number of carbonyl (C=O) groups is 1. The Hall–Kier alpha value is -3.73. The molecule has 1 unspecified atom stereocenters. The monoisotopic (exact) mass is 396 g/mol. The standard InChI is InChI=1S/C25H24N4O/c1-19(21-12-14-23(15-13-21)29-18-26-17-27-29)28(2)25(30)24-11-7-6-10-22(24)16-20-8-4-3-5-9-20/h3-15,17-19H,16H2,1-2H3. The second-order valence-electron chi connectivity index (χ2n) is 7.34. The zero-order valence-electron chi connectivity index (χ0n) is 17.1. The zero-order valence-corrected chi connectivity index (χ0v) is 17.1. The first-order valence-electron chi connectivity index (χ1n) is 9.97. The SMILES string of the molecule is CC(c1ccc(-n2cncn2)cc1)N(C)C(=O)c1ccccc1Cc1ccccc1. The van der Waals surface area contributed by atoms with Gasteiger partial charge in [-0.1, -0.05) is 60.7 Å². The van der Waals surface area contributed by atoms with Gasteiger partial charge in [-0.25, -0.2) is 9.67 Å². The third kappa shape index (κ3) is 4.15. The molecule has 0 radical (unpaired) electrons. The fourth-order valence-electron chi connectivity index (χ4n) is 3.54. The summed E-state index contributed by atoms with van der Waals surface area (Å²) in [7, 11) is 1.86. The summed E-state index contributed by atoms with van der Waals surface area (Å²) in [6.07, 6.45) is 3.91. The minimum Gasteiger partial charge on any atom is -0.335 e. The van der Waals surface area contributed by atoms with Crippen LogP contribution in [-0.2, 0) is 6.42 Å². The van der Waals surface area contributed by atoms with Crippen LogP contribution in [0, 0.1) is 0 Å². The molecular weight excluding hydrogens is 372 g/mol. The minimum absolute atomic E-state index is 0.0226. The number of aromatic nitrogens is 3. The maximum atomic E-state index is 13.3. The van der Waals surface area contributed by atoms with Crippen molar-refractivity contribution in [2.24, 2.45) is 0 Å². The molecule has 0 aliphatic carbocycles. The maximum absolute atomic E-state index is 13.3. The van der Waals surface area contributed by atoms with Crippen LogP contribution in [0.3, 0.4) is 0 Å². The quantitative estimate of drug-likeness (QED) is 0.475. The Bertz CT molecular complexity index is 1110. The van der Waals surface area contributed by atoms with Crippen molar-refractivity contribution in [1.29, 1.82) is 0 Å². The van der Waals surface area contributed by atoms with E-state index >= 15 is 0 Å². The van der Waals surface area contributed by atoms with E-state index in [1.165, 1.54) is 11.9 Å². The first-order chi connectivity index (χ1) is 14.6. The Morgan fingerprint density at radius 1 is 0.967 bits per heavy atom. The Balaban J connectivity index is 1.53. The van der Waals surface area contributed by atoms with E-state index in [-0.39, 0.29) is 11.9 Å². The van der Waals surface area contributed by atoms with E-state index in [0.717, 1.165) is 28.8 Å². The molecule has 0 bridgehead atoms. The van der Waals surface area contributed by atoms with Gasteiger partial charge in [0.25, 0.3) is 5.91 Å². The zero-order chi connectivity index (χ0) is 20.9. The van der Waals surface area contributed by atoms with Crippen LogP contribution in [0.2, 0.25) is 0 Å². The highest BCUT2D eigenvalue weighted by Crippen LogP contribution is 2.24. The Kier molecular flexibility index (Phi) is 5.70. The second-order valence-corrected chi connectivity index (χ2v) is 7.34. The first-order valence-corrected chi connectivity index (χ1v) is 9.97. The lowest BCUT2D eigenvalue weighted by molar-refractivity contribution is 0.0741. The molecule has 1 aromatic heterocycles. The van der Waals surface area contributed by atoms with Crippen LogP contribution in [0.15, 0.2) is 91.5 Å². The molecule has 4 rings (SSSR count). The Labute approximate surface area is 176 Å². The van der Waals surface area contributed by atoms with Gasteiger partial charge in [0.1, 0.15) is 12.7 Å². The van der Waals surface area contributed by atoms with Gasteiger partial charge in [0.15, 0.2) is 0 Å². The fraction of sp³-hybridized carbons (Fsp3) is 0.160. The molecule has 0 spiro atoms. The molecule has 30 heavy (non-hydrogen) atoms. The van der Waals surface area contributed by atoms with Crippen molar-refractivity contribution < 1.29 is 4.79 Å². The second kappa shape index (κ2) is 8.74. The number of benzene rings is 3. The predicted octanol–water partition coefficient (Wildman–Crippen LogP) is 4.69. The molecule has 0 saturated carbocycles. The average molecular weight is 396 g/mol. The van der Waals surface area contributed by atoms with Gasteiger partial charge in [-0.05, 0) is 48.2 Å². The molecule has 0 saturated heterocycles. The van der Waals surface area contributed by atoms with E-state index in [4.69, 9.17) is 0 Å². The van der Waals surface area contributed by atoms with Gasteiger partial charge in [0.05, 0.1) is 11.7 Å². The highest BCUT2D eigenvalue weighted by molar-refractivity contribution is 5.96. The van der Waals surface area contributed by atoms with Gasteiger partial charge in [-0.15, -0.1) is 0 Å². The van der Waals surface area contributed by atoms with E-state index in [2.05, 4.69) is 22.2 Å². The van der Waals surface area contributed by atoms with Crippen LogP contribution in [0.4, 0.5) is 0 Å². The number of hydrogen-bond acceptors (Lipinski definition) is 3. The molecular formula is C25H24N4O. The fourth-order valence-corrected chi connectivity index (χ4v) is 3.54. The number of carbonyl (C=O) groups excluding carboxylic acids is 1. The lowest BCUT2D eigenvalue weighted by Gasteiger charge is -2.26. The summed E-state index contributed by atoms with van der Waals surface area (Å²) in [6, 6.07) is 26.1. The van der Waals surface area contributed by atoms with Crippen LogP contribution >= 0.6 is 0 Å². The average Bonchev–Trinajstić information content (AvgIpc) is 3.34. The molecule has 3 aromatic carbocycles. The van der Waals surface area contributed by atoms with Gasteiger partial charge in [0.2, 0.25) is 0 Å². The van der Waals surface area contributed by atoms with Crippen LogP contribution in [0.1, 0.15) is 40.0 Å². The van der Waals surface area contributed by atoms with E-state index < -0.39 is 0 Å². The van der Waals surface area contributed by atoms with Gasteiger partial charge >= 0.3 is 0 Å². The van der Waals surface area contributed by atoms with Crippen molar-refractivity contribution >= 4 is 5.91 Å². The van der Waals surface area contributed by atoms with Crippen molar-refractivity contribution in [3.63, 3.8) is 0 Å². The van der Waals surface area contributed by atoms with Crippen molar-refractivity contribution in [1.82, 2.24) is 19.7 Å². The molecule has 0 N–H and O–H groups in total. The third-order valence-electron chi connectivity index (χ3n) is 5.45. The summed E-state index contributed by atoms with van der Waals surface area (Å²) in [5.74, 6) is 0.0226. The van der Waals surface area contributed by atoms with Crippen molar-refractivity contribution in [2.75, 3.05) is 7.05 Å².